The fraction of sp³-hybridized carbons (Fsp3) is 0.353. The first-order chi connectivity index (χ1) is 8.60. The summed E-state index contributed by atoms with van der Waals surface area (Å²) in [6.45, 7) is 9.61. The van der Waals surface area contributed by atoms with E-state index in [-0.39, 0.29) is 17.6 Å². The summed E-state index contributed by atoms with van der Waals surface area (Å²) >= 11 is 0. The first-order valence-electron chi connectivity index (χ1n) is 6.23. The molecule has 2 atom stereocenters. The maximum Gasteiger partial charge on any atom is 0.167 e. The third-order valence-corrected chi connectivity index (χ3v) is 3.18. The van der Waals surface area contributed by atoms with Crippen LogP contribution in [0, 0.1) is 30.6 Å². The molecule has 0 aliphatic heterocycles. The fourth-order valence-corrected chi connectivity index (χ4v) is 1.83. The summed E-state index contributed by atoms with van der Waals surface area (Å²) in [5.74, 6) is 6.06. The van der Waals surface area contributed by atoms with Gasteiger partial charge in [-0.25, -0.2) is 0 Å². The number of allylic oxidation sites excluding steroid dienone is 1. The number of hydrogen-bond acceptors (Lipinski definition) is 1. The number of aryl methyl sites for hydroxylation is 1. The van der Waals surface area contributed by atoms with E-state index < -0.39 is 0 Å². The quantitative estimate of drug-likeness (QED) is 0.431. The lowest BCUT2D eigenvalue weighted by Crippen LogP contribution is -2.20. The normalized spacial score (nSPS) is 13.1. The topological polar surface area (TPSA) is 17.1 Å². The maximum absolute atomic E-state index is 12.4. The van der Waals surface area contributed by atoms with E-state index in [2.05, 4.69) is 18.4 Å². The summed E-state index contributed by atoms with van der Waals surface area (Å²) in [5.41, 5.74) is 1.92. The number of Topliss-reactive ketones (excluding diaryl/α,β-unsaturated/α-hetero) is 1. The number of ketones is 1. The highest BCUT2D eigenvalue weighted by molar-refractivity contribution is 5.98. The highest BCUT2D eigenvalue weighted by atomic mass is 16.1. The molecule has 0 aliphatic rings. The molecule has 0 saturated carbocycles. The molecule has 0 N–H and O–H groups in total. The van der Waals surface area contributed by atoms with Gasteiger partial charge in [-0.1, -0.05) is 42.8 Å². The molecule has 0 fully saturated rings. The van der Waals surface area contributed by atoms with Gasteiger partial charge in [0.05, 0.1) is 0 Å². The van der Waals surface area contributed by atoms with Crippen LogP contribution in [-0.4, -0.2) is 5.78 Å². The summed E-state index contributed by atoms with van der Waals surface area (Å²) in [5, 5.41) is 0. The smallest absolute Gasteiger partial charge is 0.167 e. The Kier molecular flexibility index (Phi) is 5.39. The Morgan fingerprint density at radius 2 is 2.00 bits per heavy atom. The lowest BCUT2D eigenvalue weighted by atomic mass is 9.84. The Hall–Kier alpha value is -1.81. The average Bonchev–Trinajstić information content (AvgIpc) is 2.39. The van der Waals surface area contributed by atoms with E-state index >= 15 is 0 Å². The van der Waals surface area contributed by atoms with Gasteiger partial charge in [0.1, 0.15) is 0 Å². The third kappa shape index (κ3) is 3.60. The van der Waals surface area contributed by atoms with E-state index in [0.29, 0.717) is 6.42 Å². The molecule has 0 heterocycles. The van der Waals surface area contributed by atoms with Gasteiger partial charge in [0, 0.05) is 17.9 Å². The molecule has 0 aromatic heterocycles. The van der Waals surface area contributed by atoms with Crippen LogP contribution in [0.3, 0.4) is 0 Å². The number of carbonyl (C=O) groups is 1. The van der Waals surface area contributed by atoms with Crippen molar-refractivity contribution in [2.24, 2.45) is 11.8 Å². The minimum absolute atomic E-state index is 0.0994. The Balaban J connectivity index is 2.96. The van der Waals surface area contributed by atoms with Gasteiger partial charge in [0.25, 0.3) is 0 Å². The Morgan fingerprint density at radius 1 is 1.39 bits per heavy atom. The fourth-order valence-electron chi connectivity index (χ4n) is 1.83. The second-order valence-electron chi connectivity index (χ2n) is 4.56. The van der Waals surface area contributed by atoms with Crippen LogP contribution in [0.1, 0.15) is 36.2 Å². The van der Waals surface area contributed by atoms with Crippen molar-refractivity contribution in [1.29, 1.82) is 0 Å². The van der Waals surface area contributed by atoms with Crippen molar-refractivity contribution in [1.82, 2.24) is 0 Å². The van der Waals surface area contributed by atoms with Gasteiger partial charge >= 0.3 is 0 Å². The van der Waals surface area contributed by atoms with Crippen LogP contribution in [0.2, 0.25) is 0 Å². The van der Waals surface area contributed by atoms with Crippen molar-refractivity contribution in [3.8, 4) is 11.8 Å². The molecule has 0 bridgehead atoms. The largest absolute Gasteiger partial charge is 0.294 e. The Labute approximate surface area is 110 Å². The van der Waals surface area contributed by atoms with Crippen LogP contribution in [-0.2, 0) is 0 Å². The van der Waals surface area contributed by atoms with Crippen molar-refractivity contribution < 1.29 is 4.79 Å². The van der Waals surface area contributed by atoms with Gasteiger partial charge in [-0.2, -0.15) is 0 Å². The second-order valence-corrected chi connectivity index (χ2v) is 4.56. The van der Waals surface area contributed by atoms with E-state index in [4.69, 9.17) is 0 Å². The predicted molar refractivity (Wildman–Crippen MR) is 76.4 cm³/mol. The van der Waals surface area contributed by atoms with Crippen LogP contribution in [0.4, 0.5) is 0 Å². The average molecular weight is 240 g/mol. The molecule has 0 saturated heterocycles. The zero-order valence-electron chi connectivity index (χ0n) is 11.4. The predicted octanol–water partition coefficient (Wildman–Crippen LogP) is 4.03. The highest BCUT2D eigenvalue weighted by Crippen LogP contribution is 2.22. The van der Waals surface area contributed by atoms with Crippen LogP contribution < -0.4 is 0 Å². The van der Waals surface area contributed by atoms with Crippen molar-refractivity contribution in [3.63, 3.8) is 0 Å². The molecular weight excluding hydrogens is 220 g/mol. The zero-order valence-corrected chi connectivity index (χ0v) is 11.4. The van der Waals surface area contributed by atoms with Crippen LogP contribution >= 0.6 is 0 Å². The molecular formula is C17H20O. The van der Waals surface area contributed by atoms with Crippen molar-refractivity contribution >= 4 is 5.78 Å². The zero-order chi connectivity index (χ0) is 13.5. The Morgan fingerprint density at radius 3 is 2.50 bits per heavy atom. The van der Waals surface area contributed by atoms with Gasteiger partial charge < -0.3 is 0 Å². The minimum atomic E-state index is -0.0994. The van der Waals surface area contributed by atoms with Crippen molar-refractivity contribution in [2.75, 3.05) is 0 Å². The van der Waals surface area contributed by atoms with Gasteiger partial charge in [0.15, 0.2) is 5.78 Å². The van der Waals surface area contributed by atoms with E-state index in [1.165, 1.54) is 0 Å². The highest BCUT2D eigenvalue weighted by Gasteiger charge is 2.23. The molecule has 0 amide bonds. The summed E-state index contributed by atoms with van der Waals surface area (Å²) in [7, 11) is 0. The third-order valence-electron chi connectivity index (χ3n) is 3.18. The number of hydrogen-bond donors (Lipinski definition) is 0. The van der Waals surface area contributed by atoms with Crippen molar-refractivity contribution in [3.05, 3.63) is 48.0 Å². The first kappa shape index (κ1) is 14.3. The van der Waals surface area contributed by atoms with Gasteiger partial charge in [0.2, 0.25) is 0 Å². The standard InChI is InChI=1S/C17H20O/c1-5-7-8-16(14(4)6-2)17(18)15-11-9-13(3)10-12-15/h6,9-12,14,16H,2,8H2,1,3-4H3. The van der Waals surface area contributed by atoms with Crippen LogP contribution in [0.25, 0.3) is 0 Å². The van der Waals surface area contributed by atoms with E-state index in [0.717, 1.165) is 11.1 Å². The molecule has 1 nitrogen and oxygen atoms in total. The van der Waals surface area contributed by atoms with Crippen LogP contribution in [0.15, 0.2) is 36.9 Å². The number of carbonyl (C=O) groups excluding carboxylic acids is 1. The van der Waals surface area contributed by atoms with Gasteiger partial charge in [-0.05, 0) is 19.8 Å². The molecule has 1 rings (SSSR count). The van der Waals surface area contributed by atoms with Gasteiger partial charge in [-0.15, -0.1) is 18.4 Å². The first-order valence-corrected chi connectivity index (χ1v) is 6.23. The molecule has 0 spiro atoms. The molecule has 1 aromatic carbocycles. The Bertz CT molecular complexity index is 471. The molecule has 94 valence electrons. The monoisotopic (exact) mass is 240 g/mol. The second kappa shape index (κ2) is 6.81. The molecule has 0 radical (unpaired) electrons. The van der Waals surface area contributed by atoms with E-state index in [1.807, 2.05) is 44.2 Å². The summed E-state index contributed by atoms with van der Waals surface area (Å²) in [4.78, 5) is 12.4. The molecule has 2 unspecified atom stereocenters. The van der Waals surface area contributed by atoms with E-state index in [9.17, 15) is 4.79 Å². The molecule has 1 heteroatoms. The van der Waals surface area contributed by atoms with E-state index in [1.54, 1.807) is 6.92 Å². The van der Waals surface area contributed by atoms with Crippen molar-refractivity contribution in [2.45, 2.75) is 27.2 Å². The lowest BCUT2D eigenvalue weighted by Gasteiger charge is -2.18. The number of rotatable bonds is 5. The molecule has 0 aliphatic carbocycles. The summed E-state index contributed by atoms with van der Waals surface area (Å²) < 4.78 is 0. The summed E-state index contributed by atoms with van der Waals surface area (Å²) in [6.07, 6.45) is 2.42. The molecule has 1 aromatic rings. The van der Waals surface area contributed by atoms with Crippen LogP contribution in [0.5, 0.6) is 0 Å². The minimum Gasteiger partial charge on any atom is -0.294 e. The van der Waals surface area contributed by atoms with Gasteiger partial charge in [-0.3, -0.25) is 4.79 Å². The lowest BCUT2D eigenvalue weighted by molar-refractivity contribution is 0.0898. The number of benzene rings is 1. The maximum atomic E-state index is 12.4. The summed E-state index contributed by atoms with van der Waals surface area (Å²) in [6, 6.07) is 7.71. The molecule has 18 heavy (non-hydrogen) atoms. The SMILES string of the molecule is C=CC(C)C(CC#CC)C(=O)c1ccc(C)cc1.